The van der Waals surface area contributed by atoms with E-state index in [4.69, 9.17) is 0 Å². The molecule has 2 fully saturated rings. The Hall–Kier alpha value is -0.910. The zero-order valence-corrected chi connectivity index (χ0v) is 13.2. The number of carboxylic acids is 1. The van der Waals surface area contributed by atoms with Gasteiger partial charge in [0.25, 0.3) is 0 Å². The summed E-state index contributed by atoms with van der Waals surface area (Å²) in [6.07, 6.45) is 1.13. The Kier molecular flexibility index (Phi) is 4.83. The number of carbonyl (C=O) groups excluding carboxylic acids is 1. The third-order valence-corrected chi connectivity index (χ3v) is 5.53. The van der Waals surface area contributed by atoms with Crippen molar-refractivity contribution < 1.29 is 14.7 Å². The van der Waals surface area contributed by atoms with Crippen molar-refractivity contribution in [3.63, 3.8) is 0 Å². The van der Waals surface area contributed by atoms with Crippen LogP contribution in [0.1, 0.15) is 27.2 Å². The molecule has 114 valence electrons. The standard InChI is InChI=1S/C14H24N2O3S/c1-9-6-10(2)11(3)16(7-9)14(19)15-4-5-20-8-12(15)13(17)18/h9-12H,4-8H2,1-3H3,(H,17,18). The zero-order valence-electron chi connectivity index (χ0n) is 12.4. The summed E-state index contributed by atoms with van der Waals surface area (Å²) in [7, 11) is 0. The van der Waals surface area contributed by atoms with Gasteiger partial charge in [-0.25, -0.2) is 9.59 Å². The summed E-state index contributed by atoms with van der Waals surface area (Å²) in [5.74, 6) is 1.37. The lowest BCUT2D eigenvalue weighted by atomic mass is 9.86. The highest BCUT2D eigenvalue weighted by molar-refractivity contribution is 7.99. The summed E-state index contributed by atoms with van der Waals surface area (Å²) in [4.78, 5) is 27.5. The van der Waals surface area contributed by atoms with Crippen LogP contribution in [0.4, 0.5) is 4.79 Å². The van der Waals surface area contributed by atoms with Gasteiger partial charge in [-0.15, -0.1) is 0 Å². The van der Waals surface area contributed by atoms with Crippen molar-refractivity contribution in [3.05, 3.63) is 0 Å². The van der Waals surface area contributed by atoms with Crippen LogP contribution in [0.3, 0.4) is 0 Å². The Morgan fingerprint density at radius 1 is 1.20 bits per heavy atom. The van der Waals surface area contributed by atoms with Gasteiger partial charge in [0.15, 0.2) is 0 Å². The molecule has 0 bridgehead atoms. The molecule has 1 N–H and O–H groups in total. The lowest BCUT2D eigenvalue weighted by Gasteiger charge is -2.45. The first kappa shape index (κ1) is 15.5. The summed E-state index contributed by atoms with van der Waals surface area (Å²) in [5.41, 5.74) is 0. The van der Waals surface area contributed by atoms with Crippen molar-refractivity contribution >= 4 is 23.8 Å². The number of thioether (sulfide) groups is 1. The predicted octanol–water partition coefficient (Wildman–Crippen LogP) is 1.97. The topological polar surface area (TPSA) is 60.9 Å². The largest absolute Gasteiger partial charge is 0.480 e. The third-order valence-electron chi connectivity index (χ3n) is 4.50. The molecule has 0 saturated carbocycles. The molecule has 2 amide bonds. The highest BCUT2D eigenvalue weighted by Crippen LogP contribution is 2.29. The summed E-state index contributed by atoms with van der Waals surface area (Å²) in [5, 5.41) is 9.30. The fourth-order valence-electron chi connectivity index (χ4n) is 3.17. The maximum absolute atomic E-state index is 12.7. The summed E-state index contributed by atoms with van der Waals surface area (Å²) < 4.78 is 0. The van der Waals surface area contributed by atoms with Crippen LogP contribution in [0, 0.1) is 11.8 Å². The lowest BCUT2D eigenvalue weighted by molar-refractivity contribution is -0.141. The van der Waals surface area contributed by atoms with E-state index in [-0.39, 0.29) is 12.1 Å². The Morgan fingerprint density at radius 2 is 1.90 bits per heavy atom. The number of urea groups is 1. The minimum absolute atomic E-state index is 0.0939. The molecule has 2 aliphatic heterocycles. The van der Waals surface area contributed by atoms with Gasteiger partial charge in [0.1, 0.15) is 6.04 Å². The Morgan fingerprint density at radius 3 is 2.55 bits per heavy atom. The van der Waals surface area contributed by atoms with Crippen LogP contribution in [0.5, 0.6) is 0 Å². The molecule has 4 atom stereocenters. The number of likely N-dealkylation sites (tertiary alicyclic amines) is 1. The molecule has 2 aliphatic rings. The minimum Gasteiger partial charge on any atom is -0.480 e. The molecule has 0 aromatic carbocycles. The van der Waals surface area contributed by atoms with Gasteiger partial charge in [0.05, 0.1) is 0 Å². The van der Waals surface area contributed by atoms with E-state index < -0.39 is 12.0 Å². The van der Waals surface area contributed by atoms with Crippen LogP contribution in [0.25, 0.3) is 0 Å². The summed E-state index contributed by atoms with van der Waals surface area (Å²) >= 11 is 1.61. The maximum atomic E-state index is 12.7. The number of hydrogen-bond donors (Lipinski definition) is 1. The Balaban J connectivity index is 2.13. The molecule has 0 spiro atoms. The number of nitrogens with zero attached hydrogens (tertiary/aromatic N) is 2. The smallest absolute Gasteiger partial charge is 0.327 e. The van der Waals surface area contributed by atoms with Crippen LogP contribution in [0.15, 0.2) is 0 Å². The average Bonchev–Trinajstić information content (AvgIpc) is 2.42. The van der Waals surface area contributed by atoms with Crippen LogP contribution in [-0.4, -0.2) is 63.6 Å². The molecule has 2 heterocycles. The van der Waals surface area contributed by atoms with Gasteiger partial charge in [-0.05, 0) is 25.2 Å². The minimum atomic E-state index is -0.892. The van der Waals surface area contributed by atoms with Crippen LogP contribution >= 0.6 is 11.8 Å². The van der Waals surface area contributed by atoms with E-state index in [2.05, 4.69) is 20.8 Å². The van der Waals surface area contributed by atoms with Gasteiger partial charge in [0.2, 0.25) is 0 Å². The second-order valence-corrected chi connectivity index (χ2v) is 7.27. The highest BCUT2D eigenvalue weighted by Gasteiger charge is 2.39. The molecule has 2 saturated heterocycles. The molecule has 6 heteroatoms. The second-order valence-electron chi connectivity index (χ2n) is 6.12. The normalized spacial score (nSPS) is 35.0. The molecule has 0 aromatic heterocycles. The van der Waals surface area contributed by atoms with Crippen LogP contribution in [0.2, 0.25) is 0 Å². The first-order valence-electron chi connectivity index (χ1n) is 7.29. The molecule has 20 heavy (non-hydrogen) atoms. The monoisotopic (exact) mass is 300 g/mol. The van der Waals surface area contributed by atoms with E-state index in [9.17, 15) is 14.7 Å². The zero-order chi connectivity index (χ0) is 14.9. The van der Waals surface area contributed by atoms with Gasteiger partial charge < -0.3 is 14.9 Å². The number of rotatable bonds is 1. The van der Waals surface area contributed by atoms with Gasteiger partial charge in [-0.2, -0.15) is 11.8 Å². The van der Waals surface area contributed by atoms with Gasteiger partial charge in [-0.1, -0.05) is 13.8 Å². The highest BCUT2D eigenvalue weighted by atomic mass is 32.2. The second kappa shape index (κ2) is 6.24. The average molecular weight is 300 g/mol. The maximum Gasteiger partial charge on any atom is 0.327 e. The van der Waals surface area contributed by atoms with E-state index in [0.29, 0.717) is 24.1 Å². The van der Waals surface area contributed by atoms with Crippen molar-refractivity contribution in [2.24, 2.45) is 11.8 Å². The Labute approximate surface area is 124 Å². The first-order chi connectivity index (χ1) is 9.41. The predicted molar refractivity (Wildman–Crippen MR) is 80.0 cm³/mol. The first-order valence-corrected chi connectivity index (χ1v) is 8.45. The fourth-order valence-corrected chi connectivity index (χ4v) is 4.21. The molecule has 0 aromatic rings. The number of carboxylic acid groups (broad SMARTS) is 1. The molecular weight excluding hydrogens is 276 g/mol. The summed E-state index contributed by atoms with van der Waals surface area (Å²) in [6.45, 7) is 7.67. The van der Waals surface area contributed by atoms with Crippen LogP contribution in [-0.2, 0) is 4.79 Å². The number of piperidine rings is 1. The van der Waals surface area contributed by atoms with E-state index in [0.717, 1.165) is 18.7 Å². The molecular formula is C14H24N2O3S. The molecule has 5 nitrogen and oxygen atoms in total. The van der Waals surface area contributed by atoms with Crippen molar-refractivity contribution in [2.75, 3.05) is 24.6 Å². The van der Waals surface area contributed by atoms with E-state index >= 15 is 0 Å². The number of hydrogen-bond acceptors (Lipinski definition) is 3. The van der Waals surface area contributed by atoms with E-state index in [1.807, 2.05) is 4.90 Å². The molecule has 0 aliphatic carbocycles. The van der Waals surface area contributed by atoms with E-state index in [1.165, 1.54) is 0 Å². The fraction of sp³-hybridized carbons (Fsp3) is 0.857. The SMILES string of the molecule is CC1CC(C)C(C)N(C(=O)N2CCSCC2C(=O)O)C1. The van der Waals surface area contributed by atoms with Crippen molar-refractivity contribution in [3.8, 4) is 0 Å². The lowest BCUT2D eigenvalue weighted by Crippen LogP contribution is -2.59. The van der Waals surface area contributed by atoms with Crippen molar-refractivity contribution in [2.45, 2.75) is 39.3 Å². The number of amides is 2. The van der Waals surface area contributed by atoms with Crippen molar-refractivity contribution in [1.82, 2.24) is 9.80 Å². The molecule has 2 rings (SSSR count). The number of carbonyl (C=O) groups is 2. The third kappa shape index (κ3) is 3.05. The summed E-state index contributed by atoms with van der Waals surface area (Å²) in [6, 6.07) is -0.590. The van der Waals surface area contributed by atoms with Crippen LogP contribution < -0.4 is 0 Å². The quantitative estimate of drug-likeness (QED) is 0.804. The van der Waals surface area contributed by atoms with Crippen molar-refractivity contribution in [1.29, 1.82) is 0 Å². The molecule has 0 radical (unpaired) electrons. The Bertz CT molecular complexity index is 391. The van der Waals surface area contributed by atoms with Gasteiger partial charge in [-0.3, -0.25) is 0 Å². The van der Waals surface area contributed by atoms with E-state index in [1.54, 1.807) is 16.7 Å². The van der Waals surface area contributed by atoms with Gasteiger partial charge >= 0.3 is 12.0 Å². The molecule has 4 unspecified atom stereocenters. The van der Waals surface area contributed by atoms with Gasteiger partial charge in [0, 0.05) is 30.6 Å². The number of aliphatic carboxylic acids is 1.